The van der Waals surface area contributed by atoms with Crippen molar-refractivity contribution in [3.05, 3.63) is 74.5 Å². The van der Waals surface area contributed by atoms with Gasteiger partial charge in [-0.1, -0.05) is 11.6 Å². The summed E-state index contributed by atoms with van der Waals surface area (Å²) in [4.78, 5) is 12.4. The van der Waals surface area contributed by atoms with Crippen LogP contribution in [0.5, 0.6) is 11.5 Å². The number of carbonyl (C=O) groups is 1. The molecule has 8 heteroatoms. The van der Waals surface area contributed by atoms with Crippen LogP contribution in [0.25, 0.3) is 5.69 Å². The van der Waals surface area contributed by atoms with Gasteiger partial charge in [-0.3, -0.25) is 4.79 Å². The lowest BCUT2D eigenvalue weighted by Crippen LogP contribution is -2.18. The SMILES string of the molecule is COc1cc(C=NNC(=O)c2ccc(-n3c(C)ccc3C)cc2Cl)cc(Br)c1O. The molecule has 0 aliphatic rings. The Morgan fingerprint density at radius 2 is 1.90 bits per heavy atom. The number of phenols is 1. The number of nitrogens with zero attached hydrogens (tertiary/aromatic N) is 2. The van der Waals surface area contributed by atoms with Crippen molar-refractivity contribution in [1.82, 2.24) is 9.99 Å². The summed E-state index contributed by atoms with van der Waals surface area (Å²) >= 11 is 9.58. The molecule has 0 saturated heterocycles. The summed E-state index contributed by atoms with van der Waals surface area (Å²) in [5, 5.41) is 14.1. The lowest BCUT2D eigenvalue weighted by molar-refractivity contribution is 0.0955. The first-order chi connectivity index (χ1) is 13.8. The van der Waals surface area contributed by atoms with Gasteiger partial charge in [-0.2, -0.15) is 5.10 Å². The van der Waals surface area contributed by atoms with Crippen molar-refractivity contribution >= 4 is 39.7 Å². The Morgan fingerprint density at radius 1 is 1.21 bits per heavy atom. The monoisotopic (exact) mass is 475 g/mol. The van der Waals surface area contributed by atoms with Crippen molar-refractivity contribution in [3.8, 4) is 17.2 Å². The van der Waals surface area contributed by atoms with Crippen LogP contribution in [0.2, 0.25) is 5.02 Å². The number of phenolic OH excluding ortho intramolecular Hbond substituents is 1. The molecule has 0 aliphatic heterocycles. The van der Waals surface area contributed by atoms with Gasteiger partial charge in [-0.05, 0) is 77.8 Å². The standard InChI is InChI=1S/C21H19BrClN3O3/c1-12-4-5-13(2)26(12)15-6-7-16(18(23)10-15)21(28)25-24-11-14-8-17(22)20(27)19(9-14)29-3/h4-11,27H,1-3H3,(H,25,28). The van der Waals surface area contributed by atoms with Crippen molar-refractivity contribution in [2.45, 2.75) is 13.8 Å². The summed E-state index contributed by atoms with van der Waals surface area (Å²) in [6, 6.07) is 12.6. The fourth-order valence-electron chi connectivity index (χ4n) is 2.95. The summed E-state index contributed by atoms with van der Waals surface area (Å²) in [6.07, 6.45) is 1.44. The van der Waals surface area contributed by atoms with Gasteiger partial charge in [-0.15, -0.1) is 0 Å². The number of hydrogen-bond donors (Lipinski definition) is 2. The molecule has 3 rings (SSSR count). The summed E-state index contributed by atoms with van der Waals surface area (Å²) in [6.45, 7) is 4.01. The summed E-state index contributed by atoms with van der Waals surface area (Å²) in [5.74, 6) is -0.140. The van der Waals surface area contributed by atoms with E-state index in [4.69, 9.17) is 16.3 Å². The Balaban J connectivity index is 1.76. The van der Waals surface area contributed by atoms with Crippen LogP contribution in [-0.2, 0) is 0 Å². The lowest BCUT2D eigenvalue weighted by Gasteiger charge is -2.11. The van der Waals surface area contributed by atoms with Crippen molar-refractivity contribution in [2.75, 3.05) is 7.11 Å². The summed E-state index contributed by atoms with van der Waals surface area (Å²) in [5.41, 5.74) is 6.45. The maximum atomic E-state index is 12.4. The fourth-order valence-corrected chi connectivity index (χ4v) is 3.67. The molecule has 0 radical (unpaired) electrons. The number of rotatable bonds is 5. The van der Waals surface area contributed by atoms with Crippen LogP contribution in [0.1, 0.15) is 27.3 Å². The van der Waals surface area contributed by atoms with E-state index in [0.29, 0.717) is 26.4 Å². The molecule has 6 nitrogen and oxygen atoms in total. The van der Waals surface area contributed by atoms with Gasteiger partial charge >= 0.3 is 0 Å². The van der Waals surface area contributed by atoms with Gasteiger partial charge < -0.3 is 14.4 Å². The third-order valence-corrected chi connectivity index (χ3v) is 5.29. The Bertz CT molecular complexity index is 1090. The third-order valence-electron chi connectivity index (χ3n) is 4.38. The van der Waals surface area contributed by atoms with E-state index >= 15 is 0 Å². The van der Waals surface area contributed by atoms with Crippen LogP contribution < -0.4 is 10.2 Å². The largest absolute Gasteiger partial charge is 0.503 e. The van der Waals surface area contributed by atoms with E-state index in [2.05, 4.69) is 31.0 Å². The number of carbonyl (C=O) groups excluding carboxylic acids is 1. The number of hydrazone groups is 1. The van der Waals surface area contributed by atoms with Crippen molar-refractivity contribution in [3.63, 3.8) is 0 Å². The molecule has 0 saturated carbocycles. The molecule has 0 spiro atoms. The second kappa shape index (κ2) is 8.71. The first kappa shape index (κ1) is 21.0. The van der Waals surface area contributed by atoms with Gasteiger partial charge in [0.2, 0.25) is 0 Å². The maximum absolute atomic E-state index is 12.4. The molecule has 0 fully saturated rings. The fraction of sp³-hybridized carbons (Fsp3) is 0.143. The molecule has 0 aliphatic carbocycles. The third kappa shape index (κ3) is 4.46. The van der Waals surface area contributed by atoms with E-state index in [-0.39, 0.29) is 5.75 Å². The highest BCUT2D eigenvalue weighted by molar-refractivity contribution is 9.10. The van der Waals surface area contributed by atoms with E-state index < -0.39 is 5.91 Å². The van der Waals surface area contributed by atoms with Gasteiger partial charge in [0, 0.05) is 17.1 Å². The second-order valence-electron chi connectivity index (χ2n) is 6.37. The van der Waals surface area contributed by atoms with E-state index in [9.17, 15) is 9.90 Å². The lowest BCUT2D eigenvalue weighted by atomic mass is 10.2. The average Bonchev–Trinajstić information content (AvgIpc) is 3.02. The van der Waals surface area contributed by atoms with Crippen molar-refractivity contribution in [2.24, 2.45) is 5.10 Å². The van der Waals surface area contributed by atoms with Gasteiger partial charge in [0.15, 0.2) is 11.5 Å². The minimum Gasteiger partial charge on any atom is -0.503 e. The molecule has 0 unspecified atom stereocenters. The number of halogens is 2. The Morgan fingerprint density at radius 3 is 2.52 bits per heavy atom. The molecule has 2 N–H and O–H groups in total. The van der Waals surface area contributed by atoms with E-state index in [1.165, 1.54) is 13.3 Å². The van der Waals surface area contributed by atoms with Crippen LogP contribution in [0, 0.1) is 13.8 Å². The van der Waals surface area contributed by atoms with Crippen LogP contribution in [0.4, 0.5) is 0 Å². The molecule has 1 amide bonds. The Hall–Kier alpha value is -2.77. The molecule has 0 atom stereocenters. The average molecular weight is 477 g/mol. The van der Waals surface area contributed by atoms with Crippen LogP contribution in [-0.4, -0.2) is 28.9 Å². The minimum atomic E-state index is -0.427. The molecule has 0 bridgehead atoms. The summed E-state index contributed by atoms with van der Waals surface area (Å²) < 4.78 is 7.60. The van der Waals surface area contributed by atoms with Crippen LogP contribution in [0.15, 0.2) is 52.0 Å². The van der Waals surface area contributed by atoms with Gasteiger partial charge in [-0.25, -0.2) is 5.43 Å². The number of aromatic nitrogens is 1. The number of hydrogen-bond acceptors (Lipinski definition) is 4. The van der Waals surface area contributed by atoms with E-state index in [1.54, 1.807) is 24.3 Å². The predicted molar refractivity (Wildman–Crippen MR) is 118 cm³/mol. The number of methoxy groups -OCH3 is 1. The molecule has 29 heavy (non-hydrogen) atoms. The molecule has 1 heterocycles. The highest BCUT2D eigenvalue weighted by Crippen LogP contribution is 2.34. The molecular weight excluding hydrogens is 458 g/mol. The quantitative estimate of drug-likeness (QED) is 0.402. The molecule has 1 aromatic heterocycles. The molecule has 150 valence electrons. The molecule has 2 aromatic carbocycles. The predicted octanol–water partition coefficient (Wildman–Crippen LogP) is 4.99. The Kier molecular flexibility index (Phi) is 6.30. The van der Waals surface area contributed by atoms with Gasteiger partial charge in [0.1, 0.15) is 0 Å². The molecule has 3 aromatic rings. The number of benzene rings is 2. The normalized spacial score (nSPS) is 11.1. The highest BCUT2D eigenvalue weighted by atomic mass is 79.9. The number of amides is 1. The number of aryl methyl sites for hydroxylation is 2. The zero-order valence-corrected chi connectivity index (χ0v) is 18.4. The van der Waals surface area contributed by atoms with Crippen LogP contribution in [0.3, 0.4) is 0 Å². The van der Waals surface area contributed by atoms with Crippen molar-refractivity contribution < 1.29 is 14.6 Å². The van der Waals surface area contributed by atoms with E-state index in [0.717, 1.165) is 17.1 Å². The van der Waals surface area contributed by atoms with Gasteiger partial charge in [0.25, 0.3) is 5.91 Å². The number of aromatic hydroxyl groups is 1. The van der Waals surface area contributed by atoms with Crippen LogP contribution >= 0.6 is 27.5 Å². The zero-order chi connectivity index (χ0) is 21.1. The van der Waals surface area contributed by atoms with Crippen molar-refractivity contribution in [1.29, 1.82) is 0 Å². The zero-order valence-electron chi connectivity index (χ0n) is 16.0. The topological polar surface area (TPSA) is 75.8 Å². The van der Waals surface area contributed by atoms with E-state index in [1.807, 2.05) is 32.0 Å². The second-order valence-corrected chi connectivity index (χ2v) is 7.63. The summed E-state index contributed by atoms with van der Waals surface area (Å²) in [7, 11) is 1.45. The first-order valence-electron chi connectivity index (χ1n) is 8.66. The number of ether oxygens (including phenoxy) is 1. The maximum Gasteiger partial charge on any atom is 0.272 e. The molecular formula is C21H19BrClN3O3. The number of nitrogens with one attached hydrogen (secondary N) is 1. The smallest absolute Gasteiger partial charge is 0.272 e. The van der Waals surface area contributed by atoms with Gasteiger partial charge in [0.05, 0.1) is 28.4 Å². The minimum absolute atomic E-state index is 0.00581. The highest BCUT2D eigenvalue weighted by Gasteiger charge is 2.13. The first-order valence-corrected chi connectivity index (χ1v) is 9.83. The Labute approximate surface area is 181 Å².